The van der Waals surface area contributed by atoms with Crippen molar-refractivity contribution in [2.45, 2.75) is 32.7 Å². The van der Waals surface area contributed by atoms with Crippen LogP contribution < -0.4 is 5.73 Å². The molecule has 1 heterocycles. The molecule has 0 aromatic carbocycles. The second-order valence-corrected chi connectivity index (χ2v) is 3.43. The zero-order chi connectivity index (χ0) is 9.14. The number of imidazole rings is 1. The molecule has 0 spiro atoms. The first kappa shape index (κ1) is 9.26. The van der Waals surface area contributed by atoms with Crippen molar-refractivity contribution >= 4 is 0 Å². The van der Waals surface area contributed by atoms with Crippen LogP contribution in [0.4, 0.5) is 0 Å². The number of hydrogen-bond donors (Lipinski definition) is 1. The molecule has 0 aliphatic rings. The van der Waals surface area contributed by atoms with Crippen molar-refractivity contribution in [3.8, 4) is 0 Å². The zero-order valence-electron chi connectivity index (χ0n) is 7.99. The van der Waals surface area contributed by atoms with Gasteiger partial charge < -0.3 is 10.3 Å². The molecule has 0 aliphatic heterocycles. The number of nitrogens with two attached hydrogens (primary N) is 1. The standard InChI is InChI=1S/C9H17N3/c1-7(2)9-11-4-5-12(9)8(3)6-10/h4-5,7-8H,6,10H2,1-3H3. The lowest BCUT2D eigenvalue weighted by Crippen LogP contribution is -2.18. The Hall–Kier alpha value is -0.830. The van der Waals surface area contributed by atoms with Crippen LogP contribution >= 0.6 is 0 Å². The van der Waals surface area contributed by atoms with Crippen molar-refractivity contribution in [2.24, 2.45) is 5.73 Å². The SMILES string of the molecule is CC(C)c1nccn1C(C)CN. The molecule has 0 bridgehead atoms. The van der Waals surface area contributed by atoms with Gasteiger partial charge in [-0.15, -0.1) is 0 Å². The van der Waals surface area contributed by atoms with E-state index in [9.17, 15) is 0 Å². The highest BCUT2D eigenvalue weighted by Gasteiger charge is 2.10. The Labute approximate surface area is 73.6 Å². The molecule has 1 rings (SSSR count). The monoisotopic (exact) mass is 167 g/mol. The zero-order valence-corrected chi connectivity index (χ0v) is 7.99. The highest BCUT2D eigenvalue weighted by Crippen LogP contribution is 2.15. The largest absolute Gasteiger partial charge is 0.331 e. The first-order valence-electron chi connectivity index (χ1n) is 4.39. The first-order chi connectivity index (χ1) is 5.66. The van der Waals surface area contributed by atoms with Crippen molar-refractivity contribution in [1.29, 1.82) is 0 Å². The van der Waals surface area contributed by atoms with Gasteiger partial charge in [-0.25, -0.2) is 4.98 Å². The van der Waals surface area contributed by atoms with Crippen LogP contribution in [0.15, 0.2) is 12.4 Å². The summed E-state index contributed by atoms with van der Waals surface area (Å²) in [4.78, 5) is 4.29. The van der Waals surface area contributed by atoms with Crippen molar-refractivity contribution < 1.29 is 0 Å². The van der Waals surface area contributed by atoms with Gasteiger partial charge in [0.2, 0.25) is 0 Å². The average molecular weight is 167 g/mol. The van der Waals surface area contributed by atoms with Gasteiger partial charge in [0.25, 0.3) is 0 Å². The van der Waals surface area contributed by atoms with E-state index in [1.807, 2.05) is 12.4 Å². The summed E-state index contributed by atoms with van der Waals surface area (Å²) in [6.45, 7) is 7.05. The van der Waals surface area contributed by atoms with Crippen LogP contribution in [0.5, 0.6) is 0 Å². The molecule has 0 fully saturated rings. The average Bonchev–Trinajstić information content (AvgIpc) is 2.50. The molecule has 12 heavy (non-hydrogen) atoms. The highest BCUT2D eigenvalue weighted by molar-refractivity contribution is 4.99. The maximum atomic E-state index is 5.58. The van der Waals surface area contributed by atoms with Crippen molar-refractivity contribution in [3.05, 3.63) is 18.2 Å². The van der Waals surface area contributed by atoms with Crippen LogP contribution in [0.2, 0.25) is 0 Å². The number of hydrogen-bond acceptors (Lipinski definition) is 2. The molecule has 0 saturated heterocycles. The van der Waals surface area contributed by atoms with Gasteiger partial charge in [-0.05, 0) is 6.92 Å². The van der Waals surface area contributed by atoms with Crippen LogP contribution in [-0.2, 0) is 0 Å². The minimum absolute atomic E-state index is 0.352. The molecule has 3 nitrogen and oxygen atoms in total. The van der Waals surface area contributed by atoms with E-state index in [1.54, 1.807) is 0 Å². The van der Waals surface area contributed by atoms with Crippen LogP contribution in [0.25, 0.3) is 0 Å². The molecule has 2 N–H and O–H groups in total. The Morgan fingerprint density at radius 1 is 1.50 bits per heavy atom. The summed E-state index contributed by atoms with van der Waals surface area (Å²) in [7, 11) is 0. The van der Waals surface area contributed by atoms with Gasteiger partial charge in [-0.3, -0.25) is 0 Å². The highest BCUT2D eigenvalue weighted by atomic mass is 15.1. The third kappa shape index (κ3) is 1.67. The second kappa shape index (κ2) is 3.72. The topological polar surface area (TPSA) is 43.8 Å². The summed E-state index contributed by atoms with van der Waals surface area (Å²) in [6, 6.07) is 0.352. The molecule has 1 atom stereocenters. The number of nitrogens with zero attached hydrogens (tertiary/aromatic N) is 2. The Balaban J connectivity index is 2.91. The maximum absolute atomic E-state index is 5.58. The Morgan fingerprint density at radius 3 is 2.67 bits per heavy atom. The fourth-order valence-electron chi connectivity index (χ4n) is 1.26. The van der Waals surface area contributed by atoms with E-state index in [1.165, 1.54) is 0 Å². The van der Waals surface area contributed by atoms with E-state index in [0.29, 0.717) is 18.5 Å². The molecule has 0 aliphatic carbocycles. The second-order valence-electron chi connectivity index (χ2n) is 3.43. The summed E-state index contributed by atoms with van der Waals surface area (Å²) in [5.41, 5.74) is 5.58. The summed E-state index contributed by atoms with van der Waals surface area (Å²) in [6.07, 6.45) is 3.83. The lowest BCUT2D eigenvalue weighted by Gasteiger charge is -2.15. The van der Waals surface area contributed by atoms with Gasteiger partial charge in [0.15, 0.2) is 0 Å². The van der Waals surface area contributed by atoms with E-state index in [2.05, 4.69) is 30.3 Å². The van der Waals surface area contributed by atoms with Gasteiger partial charge in [0.1, 0.15) is 5.82 Å². The van der Waals surface area contributed by atoms with Gasteiger partial charge in [0.05, 0.1) is 0 Å². The summed E-state index contributed by atoms with van der Waals surface area (Å²) in [5, 5.41) is 0. The molecule has 3 heteroatoms. The molecule has 1 unspecified atom stereocenters. The molecule has 0 amide bonds. The maximum Gasteiger partial charge on any atom is 0.111 e. The quantitative estimate of drug-likeness (QED) is 0.741. The van der Waals surface area contributed by atoms with Crippen molar-refractivity contribution in [1.82, 2.24) is 9.55 Å². The predicted molar refractivity (Wildman–Crippen MR) is 50.1 cm³/mol. The Morgan fingerprint density at radius 2 is 2.17 bits per heavy atom. The van der Waals surface area contributed by atoms with Gasteiger partial charge in [0, 0.05) is 30.9 Å². The first-order valence-corrected chi connectivity index (χ1v) is 4.39. The fourth-order valence-corrected chi connectivity index (χ4v) is 1.26. The van der Waals surface area contributed by atoms with Crippen LogP contribution in [0.1, 0.15) is 38.6 Å². The predicted octanol–water partition coefficient (Wildman–Crippen LogP) is 1.53. The molecule has 68 valence electrons. The van der Waals surface area contributed by atoms with Crippen molar-refractivity contribution in [2.75, 3.05) is 6.54 Å². The van der Waals surface area contributed by atoms with Crippen LogP contribution in [-0.4, -0.2) is 16.1 Å². The molecule has 1 aromatic rings. The number of rotatable bonds is 3. The third-order valence-corrected chi connectivity index (χ3v) is 2.03. The Bertz CT molecular complexity index is 240. The molecule has 1 aromatic heterocycles. The molecule has 0 radical (unpaired) electrons. The normalized spacial score (nSPS) is 13.8. The van der Waals surface area contributed by atoms with Gasteiger partial charge in [-0.1, -0.05) is 13.8 Å². The van der Waals surface area contributed by atoms with Crippen molar-refractivity contribution in [3.63, 3.8) is 0 Å². The van der Waals surface area contributed by atoms with Gasteiger partial charge in [-0.2, -0.15) is 0 Å². The minimum atomic E-state index is 0.352. The summed E-state index contributed by atoms with van der Waals surface area (Å²) in [5.74, 6) is 1.59. The van der Waals surface area contributed by atoms with Gasteiger partial charge >= 0.3 is 0 Å². The van der Waals surface area contributed by atoms with E-state index in [0.717, 1.165) is 5.82 Å². The van der Waals surface area contributed by atoms with Crippen LogP contribution in [0, 0.1) is 0 Å². The van der Waals surface area contributed by atoms with E-state index in [-0.39, 0.29) is 0 Å². The Kier molecular flexibility index (Phi) is 2.87. The number of aromatic nitrogens is 2. The summed E-state index contributed by atoms with van der Waals surface area (Å²) >= 11 is 0. The van der Waals surface area contributed by atoms with E-state index < -0.39 is 0 Å². The van der Waals surface area contributed by atoms with E-state index >= 15 is 0 Å². The van der Waals surface area contributed by atoms with Crippen LogP contribution in [0.3, 0.4) is 0 Å². The minimum Gasteiger partial charge on any atom is -0.331 e. The fraction of sp³-hybridized carbons (Fsp3) is 0.667. The lowest BCUT2D eigenvalue weighted by atomic mass is 10.2. The summed E-state index contributed by atoms with van der Waals surface area (Å²) < 4.78 is 2.14. The molecule has 0 saturated carbocycles. The molecular formula is C9H17N3. The van der Waals surface area contributed by atoms with E-state index in [4.69, 9.17) is 5.73 Å². The molecular weight excluding hydrogens is 150 g/mol. The third-order valence-electron chi connectivity index (χ3n) is 2.03. The smallest absolute Gasteiger partial charge is 0.111 e. The lowest BCUT2D eigenvalue weighted by molar-refractivity contribution is 0.519.